The van der Waals surface area contributed by atoms with E-state index in [0.29, 0.717) is 27.8 Å². The number of hydrogen-bond acceptors (Lipinski definition) is 4. The molecule has 0 saturated carbocycles. The molecular formula is C16H14Cl2N2O2. The van der Waals surface area contributed by atoms with Crippen LogP contribution in [-0.4, -0.2) is 17.9 Å². The fourth-order valence-corrected chi connectivity index (χ4v) is 3.00. The molecule has 22 heavy (non-hydrogen) atoms. The van der Waals surface area contributed by atoms with Crippen LogP contribution in [0.25, 0.3) is 0 Å². The van der Waals surface area contributed by atoms with Gasteiger partial charge in [0.1, 0.15) is 11.5 Å². The largest absolute Gasteiger partial charge is 0.507 e. The van der Waals surface area contributed by atoms with E-state index in [4.69, 9.17) is 27.9 Å². The third-order valence-corrected chi connectivity index (χ3v) is 4.17. The summed E-state index contributed by atoms with van der Waals surface area (Å²) in [6.07, 6.45) is 0.626. The summed E-state index contributed by atoms with van der Waals surface area (Å²) in [4.78, 5) is 0. The van der Waals surface area contributed by atoms with Gasteiger partial charge in [-0.3, -0.25) is 0 Å². The maximum atomic E-state index is 10.1. The van der Waals surface area contributed by atoms with Crippen molar-refractivity contribution in [1.29, 1.82) is 0 Å². The van der Waals surface area contributed by atoms with Crippen molar-refractivity contribution in [2.45, 2.75) is 12.5 Å². The first kappa shape index (κ1) is 15.0. The van der Waals surface area contributed by atoms with Gasteiger partial charge in [0.15, 0.2) is 0 Å². The highest BCUT2D eigenvalue weighted by atomic mass is 35.5. The number of hydrogen-bond donors (Lipinski definition) is 2. The molecule has 0 amide bonds. The van der Waals surface area contributed by atoms with Crippen molar-refractivity contribution in [3.05, 3.63) is 57.6 Å². The van der Waals surface area contributed by atoms with Gasteiger partial charge >= 0.3 is 0 Å². The third kappa shape index (κ3) is 2.85. The van der Waals surface area contributed by atoms with Crippen LogP contribution < -0.4 is 10.2 Å². The summed E-state index contributed by atoms with van der Waals surface area (Å²) in [6.45, 7) is 0. The molecule has 4 nitrogen and oxygen atoms in total. The molecule has 0 unspecified atom stereocenters. The fraction of sp³-hybridized carbons (Fsp3) is 0.188. The number of ether oxygens (including phenoxy) is 1. The number of phenols is 1. The summed E-state index contributed by atoms with van der Waals surface area (Å²) in [5.74, 6) is 0.743. The number of methoxy groups -OCH3 is 1. The molecule has 0 aliphatic carbocycles. The molecule has 1 aliphatic heterocycles. The Kier molecular flexibility index (Phi) is 4.14. The molecule has 0 aromatic heterocycles. The number of nitrogens with one attached hydrogen (secondary N) is 1. The van der Waals surface area contributed by atoms with Crippen molar-refractivity contribution < 1.29 is 9.84 Å². The van der Waals surface area contributed by atoms with Crippen LogP contribution in [0.2, 0.25) is 10.0 Å². The van der Waals surface area contributed by atoms with Gasteiger partial charge in [-0.15, -0.1) is 0 Å². The van der Waals surface area contributed by atoms with Crippen molar-refractivity contribution >= 4 is 28.9 Å². The van der Waals surface area contributed by atoms with E-state index in [-0.39, 0.29) is 11.8 Å². The van der Waals surface area contributed by atoms with E-state index in [1.54, 1.807) is 37.4 Å². The smallest absolute Gasteiger partial charge is 0.128 e. The summed E-state index contributed by atoms with van der Waals surface area (Å²) < 4.78 is 5.08. The normalized spacial score (nSPS) is 17.0. The Morgan fingerprint density at radius 2 is 2.05 bits per heavy atom. The molecule has 3 rings (SSSR count). The van der Waals surface area contributed by atoms with Crippen LogP contribution in [0.3, 0.4) is 0 Å². The van der Waals surface area contributed by atoms with Crippen LogP contribution in [0.5, 0.6) is 11.5 Å². The Morgan fingerprint density at radius 3 is 2.73 bits per heavy atom. The summed E-state index contributed by atoms with van der Waals surface area (Å²) in [7, 11) is 1.56. The molecule has 2 N–H and O–H groups in total. The van der Waals surface area contributed by atoms with E-state index < -0.39 is 0 Å². The lowest BCUT2D eigenvalue weighted by Crippen LogP contribution is -2.10. The topological polar surface area (TPSA) is 53.8 Å². The predicted octanol–water partition coefficient (Wildman–Crippen LogP) is 4.15. The molecular weight excluding hydrogens is 323 g/mol. The lowest BCUT2D eigenvalue weighted by atomic mass is 9.98. The van der Waals surface area contributed by atoms with E-state index in [1.807, 2.05) is 6.07 Å². The zero-order valence-electron chi connectivity index (χ0n) is 11.8. The van der Waals surface area contributed by atoms with Crippen molar-refractivity contribution in [2.75, 3.05) is 7.11 Å². The van der Waals surface area contributed by atoms with Crippen LogP contribution in [0.4, 0.5) is 0 Å². The van der Waals surface area contributed by atoms with Crippen LogP contribution in [0.15, 0.2) is 41.5 Å². The van der Waals surface area contributed by atoms with Gasteiger partial charge in [0.2, 0.25) is 0 Å². The molecule has 2 aromatic carbocycles. The standard InChI is InChI=1S/C16H14Cl2N2O2/c1-22-10-3-5-12(16(21)7-10)15-8-14(19-20-15)11-4-2-9(17)6-13(11)18/h2-7,14,19,21H,8H2,1H3/t14-/m1/s1. The molecule has 2 aromatic rings. The number of phenolic OH excluding ortho intramolecular Hbond substituents is 1. The average molecular weight is 337 g/mol. The molecule has 1 heterocycles. The maximum absolute atomic E-state index is 10.1. The average Bonchev–Trinajstić information content (AvgIpc) is 2.96. The van der Waals surface area contributed by atoms with Gasteiger partial charge in [-0.1, -0.05) is 29.3 Å². The summed E-state index contributed by atoms with van der Waals surface area (Å²) in [6, 6.07) is 10.5. The van der Waals surface area contributed by atoms with Gasteiger partial charge in [-0.25, -0.2) is 0 Å². The van der Waals surface area contributed by atoms with E-state index in [2.05, 4.69) is 10.5 Å². The van der Waals surface area contributed by atoms with E-state index in [9.17, 15) is 5.11 Å². The van der Waals surface area contributed by atoms with E-state index in [1.165, 1.54) is 0 Å². The number of benzene rings is 2. The van der Waals surface area contributed by atoms with Gasteiger partial charge in [-0.2, -0.15) is 5.10 Å². The maximum Gasteiger partial charge on any atom is 0.128 e. The highest BCUT2D eigenvalue weighted by Crippen LogP contribution is 2.33. The molecule has 6 heteroatoms. The monoisotopic (exact) mass is 336 g/mol. The van der Waals surface area contributed by atoms with Gasteiger partial charge in [-0.05, 0) is 29.8 Å². The minimum absolute atomic E-state index is 0.0405. The van der Waals surface area contributed by atoms with Crippen molar-refractivity contribution in [2.24, 2.45) is 5.10 Å². The number of halogens is 2. The van der Waals surface area contributed by atoms with Crippen LogP contribution in [0.1, 0.15) is 23.6 Å². The van der Waals surface area contributed by atoms with Crippen molar-refractivity contribution in [3.63, 3.8) is 0 Å². The first-order valence-electron chi connectivity index (χ1n) is 6.73. The van der Waals surface area contributed by atoms with Crippen molar-refractivity contribution in [3.8, 4) is 11.5 Å². The first-order valence-corrected chi connectivity index (χ1v) is 7.48. The molecule has 0 saturated heterocycles. The molecule has 1 atom stereocenters. The molecule has 1 aliphatic rings. The quantitative estimate of drug-likeness (QED) is 0.885. The first-order chi connectivity index (χ1) is 10.6. The Hall–Kier alpha value is -1.91. The minimum atomic E-state index is -0.0405. The number of nitrogens with zero attached hydrogens (tertiary/aromatic N) is 1. The molecule has 0 fully saturated rings. The third-order valence-electron chi connectivity index (χ3n) is 3.61. The van der Waals surface area contributed by atoms with Gasteiger partial charge < -0.3 is 15.3 Å². The lowest BCUT2D eigenvalue weighted by molar-refractivity contribution is 0.407. The van der Waals surface area contributed by atoms with Crippen LogP contribution in [-0.2, 0) is 0 Å². The fourth-order valence-electron chi connectivity index (χ4n) is 2.46. The zero-order valence-corrected chi connectivity index (χ0v) is 13.3. The number of hydrazone groups is 1. The van der Waals surface area contributed by atoms with E-state index >= 15 is 0 Å². The summed E-state index contributed by atoms with van der Waals surface area (Å²) in [5, 5.41) is 15.6. The highest BCUT2D eigenvalue weighted by Gasteiger charge is 2.24. The van der Waals surface area contributed by atoms with Gasteiger partial charge in [0.05, 0.1) is 18.9 Å². The van der Waals surface area contributed by atoms with Gasteiger partial charge in [0.25, 0.3) is 0 Å². The second-order valence-corrected chi connectivity index (χ2v) is 5.84. The minimum Gasteiger partial charge on any atom is -0.507 e. The molecule has 114 valence electrons. The molecule has 0 radical (unpaired) electrons. The highest BCUT2D eigenvalue weighted by molar-refractivity contribution is 6.35. The SMILES string of the molecule is COc1ccc(C2=NN[C@@H](c3ccc(Cl)cc3Cl)C2)c(O)c1. The van der Waals surface area contributed by atoms with Gasteiger partial charge in [0, 0.05) is 28.1 Å². The Morgan fingerprint density at radius 1 is 1.23 bits per heavy atom. The molecule has 0 spiro atoms. The van der Waals surface area contributed by atoms with Crippen LogP contribution in [0, 0.1) is 0 Å². The van der Waals surface area contributed by atoms with Crippen LogP contribution >= 0.6 is 23.2 Å². The lowest BCUT2D eigenvalue weighted by Gasteiger charge is -2.12. The Balaban J connectivity index is 1.82. The predicted molar refractivity (Wildman–Crippen MR) is 88.2 cm³/mol. The second-order valence-electron chi connectivity index (χ2n) is 4.99. The summed E-state index contributed by atoms with van der Waals surface area (Å²) in [5.41, 5.74) is 5.44. The van der Waals surface area contributed by atoms with E-state index in [0.717, 1.165) is 11.3 Å². The second kappa shape index (κ2) is 6.07. The number of aromatic hydroxyl groups is 1. The summed E-state index contributed by atoms with van der Waals surface area (Å²) >= 11 is 12.2. The Bertz CT molecular complexity index is 747. The number of rotatable bonds is 3. The zero-order chi connectivity index (χ0) is 15.7. The van der Waals surface area contributed by atoms with Crippen molar-refractivity contribution in [1.82, 2.24) is 5.43 Å². The Labute approximate surface area is 138 Å². The molecule has 0 bridgehead atoms.